The van der Waals surface area contributed by atoms with E-state index >= 15 is 0 Å². The second-order valence-electron chi connectivity index (χ2n) is 12.3. The topological polar surface area (TPSA) is 66.7 Å². The van der Waals surface area contributed by atoms with Crippen LogP contribution in [0.1, 0.15) is 69.4 Å². The Morgan fingerprint density at radius 1 is 0.889 bits per heavy atom. The highest BCUT2D eigenvalue weighted by molar-refractivity contribution is 6.31. The summed E-state index contributed by atoms with van der Waals surface area (Å²) in [5, 5.41) is 6.16. The Kier molecular flexibility index (Phi) is 5.88. The first-order chi connectivity index (χ1) is 17.6. The fourth-order valence-corrected chi connectivity index (χ4v) is 8.76. The standard InChI is InChI=1S/C29H36ClN3O3/c30-22-7-8-23-24(14-22)36-31-27(23)17-9-11-32(12-10-17)15-20-3-1-2-4-21(20)16-33-28(34)25-18-5-6-19(13-18)26(25)29(33)35/h7-8,14,17-21,25-26H,1-6,9-13,15-16H2/t18?,19?,20-,21-,25?,26?/m0/s1. The summed E-state index contributed by atoms with van der Waals surface area (Å²) in [5.41, 5.74) is 1.84. The number of hydrogen-bond donors (Lipinski definition) is 0. The third-order valence-electron chi connectivity index (χ3n) is 10.4. The van der Waals surface area contributed by atoms with E-state index in [1.165, 1.54) is 19.3 Å². The lowest BCUT2D eigenvalue weighted by atomic mass is 9.78. The van der Waals surface area contributed by atoms with Gasteiger partial charge in [-0.05, 0) is 93.8 Å². The molecule has 4 unspecified atom stereocenters. The largest absolute Gasteiger partial charge is 0.356 e. The van der Waals surface area contributed by atoms with Gasteiger partial charge in [-0.1, -0.05) is 29.6 Å². The van der Waals surface area contributed by atoms with Gasteiger partial charge in [0, 0.05) is 35.5 Å². The Morgan fingerprint density at radius 3 is 2.25 bits per heavy atom. The van der Waals surface area contributed by atoms with Gasteiger partial charge in [0.05, 0.1) is 17.5 Å². The van der Waals surface area contributed by atoms with Crippen LogP contribution in [0.2, 0.25) is 5.02 Å². The molecule has 6 nitrogen and oxygen atoms in total. The van der Waals surface area contributed by atoms with Crippen molar-refractivity contribution in [3.63, 3.8) is 0 Å². The molecule has 2 amide bonds. The molecule has 0 spiro atoms. The van der Waals surface area contributed by atoms with E-state index < -0.39 is 0 Å². The monoisotopic (exact) mass is 509 g/mol. The van der Waals surface area contributed by atoms with Gasteiger partial charge in [0.1, 0.15) is 0 Å². The number of rotatable bonds is 5. The van der Waals surface area contributed by atoms with E-state index in [-0.39, 0.29) is 23.7 Å². The Balaban J connectivity index is 0.984. The van der Waals surface area contributed by atoms with Crippen molar-refractivity contribution in [1.82, 2.24) is 15.0 Å². The minimum absolute atomic E-state index is 0.0148. The number of carbonyl (C=O) groups is 2. The van der Waals surface area contributed by atoms with Crippen LogP contribution in [0, 0.1) is 35.5 Å². The highest BCUT2D eigenvalue weighted by Gasteiger charge is 2.61. The van der Waals surface area contributed by atoms with Crippen LogP contribution >= 0.6 is 11.6 Å². The van der Waals surface area contributed by atoms with Crippen LogP contribution in [-0.4, -0.2) is 52.9 Å². The number of carbonyl (C=O) groups excluding carboxylic acids is 2. The number of nitrogens with zero attached hydrogens (tertiary/aromatic N) is 3. The zero-order valence-corrected chi connectivity index (χ0v) is 21.7. The van der Waals surface area contributed by atoms with Crippen LogP contribution in [0.4, 0.5) is 0 Å². The van der Waals surface area contributed by atoms with Crippen LogP contribution in [0.3, 0.4) is 0 Å². The maximum Gasteiger partial charge on any atom is 0.233 e. The van der Waals surface area contributed by atoms with Crippen molar-refractivity contribution < 1.29 is 14.1 Å². The molecule has 2 bridgehead atoms. The smallest absolute Gasteiger partial charge is 0.233 e. The SMILES string of the molecule is O=C1C2C3CCC(C3)C2C(=O)N1C[C@@H]1CCCC[C@H]1CN1CCC(c2noc3cc(Cl)ccc23)CC1. The Morgan fingerprint density at radius 2 is 1.56 bits per heavy atom. The molecule has 0 radical (unpaired) electrons. The van der Waals surface area contributed by atoms with Crippen LogP contribution in [0.15, 0.2) is 22.7 Å². The van der Waals surface area contributed by atoms with Crippen molar-refractivity contribution in [3.8, 4) is 0 Å². The van der Waals surface area contributed by atoms with Crippen LogP contribution in [-0.2, 0) is 9.59 Å². The summed E-state index contributed by atoms with van der Waals surface area (Å²) >= 11 is 6.11. The van der Waals surface area contributed by atoms with Crippen LogP contribution < -0.4 is 0 Å². The second-order valence-corrected chi connectivity index (χ2v) is 12.7. The number of amides is 2. The molecule has 5 fully saturated rings. The number of likely N-dealkylation sites (tertiary alicyclic amines) is 2. The highest BCUT2D eigenvalue weighted by Crippen LogP contribution is 2.56. The third-order valence-corrected chi connectivity index (χ3v) is 10.7. The molecular weight excluding hydrogens is 474 g/mol. The third kappa shape index (κ3) is 3.82. The molecule has 2 aliphatic heterocycles. The number of imide groups is 1. The zero-order chi connectivity index (χ0) is 24.4. The van der Waals surface area contributed by atoms with E-state index in [1.807, 2.05) is 18.2 Å². The quantitative estimate of drug-likeness (QED) is 0.498. The van der Waals surface area contributed by atoms with Gasteiger partial charge in [-0.2, -0.15) is 0 Å². The summed E-state index contributed by atoms with van der Waals surface area (Å²) in [6.45, 7) is 3.87. The molecule has 3 saturated carbocycles. The van der Waals surface area contributed by atoms with E-state index in [9.17, 15) is 9.59 Å². The van der Waals surface area contributed by atoms with Gasteiger partial charge in [0.2, 0.25) is 11.8 Å². The maximum absolute atomic E-state index is 13.3. The number of halogens is 1. The van der Waals surface area contributed by atoms with Crippen molar-refractivity contribution >= 4 is 34.4 Å². The maximum atomic E-state index is 13.3. The summed E-state index contributed by atoms with van der Waals surface area (Å²) in [4.78, 5) is 30.9. The lowest BCUT2D eigenvalue weighted by molar-refractivity contribution is -0.142. The van der Waals surface area contributed by atoms with Gasteiger partial charge in [-0.15, -0.1) is 0 Å². The molecule has 3 aliphatic carbocycles. The van der Waals surface area contributed by atoms with Gasteiger partial charge in [-0.3, -0.25) is 14.5 Å². The Labute approximate surface area is 217 Å². The van der Waals surface area contributed by atoms with E-state index in [4.69, 9.17) is 16.1 Å². The van der Waals surface area contributed by atoms with Gasteiger partial charge in [0.15, 0.2) is 5.58 Å². The molecule has 2 saturated heterocycles. The number of piperidine rings is 1. The van der Waals surface area contributed by atoms with E-state index in [1.54, 1.807) is 4.90 Å². The fourth-order valence-electron chi connectivity index (χ4n) is 8.60. The molecule has 5 aliphatic rings. The van der Waals surface area contributed by atoms with Crippen molar-refractivity contribution in [3.05, 3.63) is 28.9 Å². The number of benzene rings is 1. The van der Waals surface area contributed by atoms with Gasteiger partial charge < -0.3 is 9.42 Å². The lowest BCUT2D eigenvalue weighted by Crippen LogP contribution is -2.44. The van der Waals surface area contributed by atoms with Crippen molar-refractivity contribution in [2.24, 2.45) is 35.5 Å². The minimum Gasteiger partial charge on any atom is -0.356 e. The molecule has 3 heterocycles. The van der Waals surface area contributed by atoms with Crippen molar-refractivity contribution in [1.29, 1.82) is 0 Å². The predicted molar refractivity (Wildman–Crippen MR) is 137 cm³/mol. The average molecular weight is 510 g/mol. The lowest BCUT2D eigenvalue weighted by Gasteiger charge is -2.39. The molecular formula is C29H36ClN3O3. The number of aromatic nitrogens is 1. The molecule has 2 aromatic rings. The molecule has 1 aromatic heterocycles. The summed E-state index contributed by atoms with van der Waals surface area (Å²) in [6, 6.07) is 5.79. The molecule has 0 N–H and O–H groups in total. The van der Waals surface area contributed by atoms with Crippen molar-refractivity contribution in [2.75, 3.05) is 26.2 Å². The molecule has 1 aromatic carbocycles. The van der Waals surface area contributed by atoms with Gasteiger partial charge in [-0.25, -0.2) is 0 Å². The number of fused-ring (bicyclic) bond motifs is 6. The summed E-state index contributed by atoms with van der Waals surface area (Å²) < 4.78 is 5.56. The van der Waals surface area contributed by atoms with E-state index in [0.29, 0.717) is 41.2 Å². The second kappa shape index (κ2) is 9.13. The predicted octanol–water partition coefficient (Wildman–Crippen LogP) is 5.50. The molecule has 192 valence electrons. The molecule has 6 atom stereocenters. The highest BCUT2D eigenvalue weighted by atomic mass is 35.5. The Bertz CT molecular complexity index is 1140. The Hall–Kier alpha value is -1.92. The van der Waals surface area contributed by atoms with E-state index in [0.717, 1.165) is 74.8 Å². The van der Waals surface area contributed by atoms with Crippen LogP contribution in [0.25, 0.3) is 11.0 Å². The van der Waals surface area contributed by atoms with Crippen LogP contribution in [0.5, 0.6) is 0 Å². The molecule has 36 heavy (non-hydrogen) atoms. The molecule has 7 rings (SSSR count). The zero-order valence-electron chi connectivity index (χ0n) is 20.9. The first kappa shape index (κ1) is 23.2. The minimum atomic E-state index is 0.0148. The van der Waals surface area contributed by atoms with E-state index in [2.05, 4.69) is 10.1 Å². The first-order valence-electron chi connectivity index (χ1n) is 14.2. The summed E-state index contributed by atoms with van der Waals surface area (Å²) in [6.07, 6.45) is 10.4. The molecule has 7 heteroatoms. The van der Waals surface area contributed by atoms with Crippen molar-refractivity contribution in [2.45, 2.75) is 63.7 Å². The normalized spacial score (nSPS) is 35.3. The number of hydrogen-bond acceptors (Lipinski definition) is 5. The first-order valence-corrected chi connectivity index (χ1v) is 14.6. The summed E-state index contributed by atoms with van der Waals surface area (Å²) in [7, 11) is 0. The fraction of sp³-hybridized carbons (Fsp3) is 0.690. The van der Waals surface area contributed by atoms with Gasteiger partial charge in [0.25, 0.3) is 0 Å². The van der Waals surface area contributed by atoms with Gasteiger partial charge >= 0.3 is 0 Å². The summed E-state index contributed by atoms with van der Waals surface area (Å²) in [5.74, 6) is 2.76. The average Bonchev–Trinajstić information content (AvgIpc) is 3.66.